The van der Waals surface area contributed by atoms with Gasteiger partial charge in [-0.2, -0.15) is 14.4 Å². The number of anilines is 1. The molecule has 0 spiro atoms. The van der Waals surface area contributed by atoms with Crippen LogP contribution in [-0.4, -0.2) is 58.4 Å². The van der Waals surface area contributed by atoms with E-state index in [9.17, 15) is 9.18 Å². The number of fused-ring (bicyclic) bond motifs is 1. The number of nitrogens with zero attached hydrogens (tertiary/aromatic N) is 4. The topological polar surface area (TPSA) is 124 Å². The van der Waals surface area contributed by atoms with E-state index in [0.29, 0.717) is 0 Å². The molecule has 44 heavy (non-hydrogen) atoms. The van der Waals surface area contributed by atoms with Crippen LogP contribution in [0.25, 0.3) is 11.2 Å². The molecule has 0 unspecified atom stereocenters. The van der Waals surface area contributed by atoms with Gasteiger partial charge in [-0.3, -0.25) is 4.57 Å². The van der Waals surface area contributed by atoms with Gasteiger partial charge < -0.3 is 24.4 Å². The average molecular weight is 616 g/mol. The molecule has 2 radical (unpaired) electrons. The third-order valence-electron chi connectivity index (χ3n) is 7.68. The second-order valence-electron chi connectivity index (χ2n) is 11.6. The molecule has 1 aliphatic rings. The zero-order valence-corrected chi connectivity index (χ0v) is 25.8. The van der Waals surface area contributed by atoms with Crippen LogP contribution in [-0.2, 0) is 18.6 Å². The first-order chi connectivity index (χ1) is 20.9. The molecule has 0 amide bonds. The second kappa shape index (κ2) is 12.0. The van der Waals surface area contributed by atoms with Crippen molar-refractivity contribution in [1.29, 1.82) is 0 Å². The SMILES string of the molecule is C#C[C@]1(CO[Si](c2ccccc2)(c2ccccc2)C(C)(C)C)O[C@@H](n2cnc3c(N)nc(F)nc32)C[C@@H]1OC(=O)OC([CH2])[CH2]. The first-order valence-corrected chi connectivity index (χ1v) is 15.9. The Morgan fingerprint density at radius 2 is 1.80 bits per heavy atom. The molecule has 10 nitrogen and oxygen atoms in total. The van der Waals surface area contributed by atoms with Gasteiger partial charge in [-0.25, -0.2) is 9.78 Å². The molecular formula is C32H34FN5O5Si. The molecule has 2 N–H and O–H groups in total. The van der Waals surface area contributed by atoms with Crippen LogP contribution in [0, 0.1) is 32.3 Å². The number of halogens is 1. The summed E-state index contributed by atoms with van der Waals surface area (Å²) in [5.74, 6) is 2.59. The van der Waals surface area contributed by atoms with Crippen molar-refractivity contribution in [3.8, 4) is 12.3 Å². The van der Waals surface area contributed by atoms with Gasteiger partial charge in [0.05, 0.1) is 12.9 Å². The number of terminal acetylenes is 1. The molecule has 2 aromatic carbocycles. The normalized spacial score (nSPS) is 20.5. The monoisotopic (exact) mass is 615 g/mol. The fraction of sp³-hybridized carbons (Fsp3) is 0.312. The molecule has 12 heteroatoms. The van der Waals surface area contributed by atoms with Crippen LogP contribution >= 0.6 is 0 Å². The van der Waals surface area contributed by atoms with Crippen LogP contribution in [0.2, 0.25) is 5.04 Å². The van der Waals surface area contributed by atoms with Crippen molar-refractivity contribution in [2.75, 3.05) is 12.3 Å². The van der Waals surface area contributed by atoms with Crippen molar-refractivity contribution >= 4 is 41.8 Å². The predicted molar refractivity (Wildman–Crippen MR) is 165 cm³/mol. The molecule has 5 rings (SSSR count). The Kier molecular flexibility index (Phi) is 8.48. The number of carbonyl (C=O) groups excluding carboxylic acids is 1. The van der Waals surface area contributed by atoms with Crippen LogP contribution in [0.15, 0.2) is 67.0 Å². The summed E-state index contributed by atoms with van der Waals surface area (Å²) in [6.07, 6.45) is 2.73. The quantitative estimate of drug-likeness (QED) is 0.136. The summed E-state index contributed by atoms with van der Waals surface area (Å²) in [5.41, 5.74) is 4.57. The summed E-state index contributed by atoms with van der Waals surface area (Å²) in [6, 6.07) is 20.0. The maximum atomic E-state index is 14.2. The van der Waals surface area contributed by atoms with Gasteiger partial charge in [-0.1, -0.05) is 87.4 Å². The summed E-state index contributed by atoms with van der Waals surface area (Å²) in [4.78, 5) is 24.4. The van der Waals surface area contributed by atoms with E-state index < -0.39 is 44.6 Å². The number of hydrogen-bond acceptors (Lipinski definition) is 9. The Morgan fingerprint density at radius 1 is 1.18 bits per heavy atom. The molecular weight excluding hydrogens is 581 g/mol. The molecule has 1 saturated heterocycles. The highest BCUT2D eigenvalue weighted by molar-refractivity contribution is 6.99. The zero-order valence-electron chi connectivity index (χ0n) is 24.8. The summed E-state index contributed by atoms with van der Waals surface area (Å²) in [6.45, 7) is 13.4. The predicted octanol–water partition coefficient (Wildman–Crippen LogP) is 3.97. The fourth-order valence-corrected chi connectivity index (χ4v) is 10.3. The van der Waals surface area contributed by atoms with E-state index >= 15 is 0 Å². The summed E-state index contributed by atoms with van der Waals surface area (Å²) in [5, 5.41) is 1.68. The van der Waals surface area contributed by atoms with E-state index in [1.54, 1.807) is 0 Å². The number of hydrogen-bond donors (Lipinski definition) is 1. The highest BCUT2D eigenvalue weighted by Crippen LogP contribution is 2.43. The van der Waals surface area contributed by atoms with Gasteiger partial charge in [-0.15, -0.1) is 6.42 Å². The average Bonchev–Trinajstić information content (AvgIpc) is 3.55. The van der Waals surface area contributed by atoms with Gasteiger partial charge in [0.2, 0.25) is 0 Å². The van der Waals surface area contributed by atoms with Crippen LogP contribution in [0.3, 0.4) is 0 Å². The maximum absolute atomic E-state index is 14.2. The minimum Gasteiger partial charge on any atom is -0.431 e. The van der Waals surface area contributed by atoms with Crippen molar-refractivity contribution in [2.24, 2.45) is 0 Å². The summed E-state index contributed by atoms with van der Waals surface area (Å²) >= 11 is 0. The number of ether oxygens (including phenoxy) is 3. The van der Waals surface area contributed by atoms with E-state index in [1.165, 1.54) is 10.9 Å². The number of nitrogen functional groups attached to an aromatic ring is 1. The number of aromatic nitrogens is 4. The first kappa shape index (κ1) is 31.1. The van der Waals surface area contributed by atoms with E-state index in [2.05, 4.69) is 79.8 Å². The number of benzene rings is 2. The molecule has 2 aromatic heterocycles. The third-order valence-corrected chi connectivity index (χ3v) is 12.7. The lowest BCUT2D eigenvalue weighted by Gasteiger charge is -2.44. The Balaban J connectivity index is 1.59. The van der Waals surface area contributed by atoms with E-state index in [0.717, 1.165) is 10.4 Å². The van der Waals surface area contributed by atoms with Gasteiger partial charge in [0.15, 0.2) is 28.7 Å². The van der Waals surface area contributed by atoms with Gasteiger partial charge in [0.25, 0.3) is 8.32 Å². The Bertz CT molecular complexity index is 1630. The molecule has 3 atom stereocenters. The highest BCUT2D eigenvalue weighted by Gasteiger charge is 2.56. The van der Waals surface area contributed by atoms with Gasteiger partial charge in [0, 0.05) is 6.42 Å². The standard InChI is InChI=1S/C32H34FN5O5Si/c1-7-32(19-40-44(31(4,5)6,22-14-10-8-11-15-22)23-16-12-9-13-17-23)24(42-30(39)41-21(2)3)18-25(43-32)38-20-35-26-27(34)36-29(33)37-28(26)38/h1,8-17,20-21,24-25H,2-3,18-19H2,4-6H3,(H2,34,36,37)/t24-,25+,32+/m0/s1. The van der Waals surface area contributed by atoms with E-state index in [1.807, 2.05) is 36.4 Å². The van der Waals surface area contributed by atoms with Crippen LogP contribution in [0.4, 0.5) is 15.0 Å². The van der Waals surface area contributed by atoms with Crippen LogP contribution < -0.4 is 16.1 Å². The van der Waals surface area contributed by atoms with Crippen LogP contribution in [0.1, 0.15) is 33.4 Å². The highest BCUT2D eigenvalue weighted by atomic mass is 28.4. The van der Waals surface area contributed by atoms with Crippen molar-refractivity contribution in [2.45, 2.75) is 56.3 Å². The number of carbonyl (C=O) groups is 1. The smallest absolute Gasteiger partial charge is 0.431 e. The Morgan fingerprint density at radius 3 is 2.34 bits per heavy atom. The minimum absolute atomic E-state index is 0.0410. The lowest BCUT2D eigenvalue weighted by molar-refractivity contribution is -0.0952. The molecule has 0 aliphatic carbocycles. The molecule has 228 valence electrons. The van der Waals surface area contributed by atoms with E-state index in [4.69, 9.17) is 30.8 Å². The van der Waals surface area contributed by atoms with Gasteiger partial charge in [-0.05, 0) is 29.3 Å². The van der Waals surface area contributed by atoms with Crippen LogP contribution in [0.5, 0.6) is 0 Å². The lowest BCUT2D eigenvalue weighted by Crippen LogP contribution is -2.68. The molecule has 1 fully saturated rings. The van der Waals surface area contributed by atoms with Crippen molar-refractivity contribution < 1.29 is 27.8 Å². The Hall–Kier alpha value is -4.31. The first-order valence-electron chi connectivity index (χ1n) is 14.0. The molecule has 0 saturated carbocycles. The van der Waals surface area contributed by atoms with Gasteiger partial charge >= 0.3 is 12.2 Å². The van der Waals surface area contributed by atoms with Gasteiger partial charge in [0.1, 0.15) is 12.3 Å². The molecule has 4 aromatic rings. The second-order valence-corrected chi connectivity index (χ2v) is 15.9. The van der Waals surface area contributed by atoms with Crippen molar-refractivity contribution in [3.63, 3.8) is 0 Å². The van der Waals surface area contributed by atoms with Crippen molar-refractivity contribution in [3.05, 3.63) is 86.9 Å². The number of nitrogens with two attached hydrogens (primary N) is 1. The third kappa shape index (κ3) is 5.66. The Labute approximate surface area is 256 Å². The number of imidazole rings is 1. The lowest BCUT2D eigenvalue weighted by atomic mass is 9.99. The largest absolute Gasteiger partial charge is 0.508 e. The summed E-state index contributed by atoms with van der Waals surface area (Å²) < 4.78 is 40.1. The zero-order chi connectivity index (χ0) is 31.7. The fourth-order valence-electron chi connectivity index (χ4n) is 5.73. The van der Waals surface area contributed by atoms with Crippen molar-refractivity contribution in [1.82, 2.24) is 19.5 Å². The molecule has 0 bridgehead atoms. The summed E-state index contributed by atoms with van der Waals surface area (Å²) in [7, 11) is -3.10. The minimum atomic E-state index is -3.10. The number of rotatable bonds is 8. The molecule has 3 heterocycles. The van der Waals surface area contributed by atoms with E-state index in [-0.39, 0.29) is 35.0 Å². The molecule has 1 aliphatic heterocycles. The maximum Gasteiger partial charge on any atom is 0.508 e.